The van der Waals surface area contributed by atoms with Crippen LogP contribution in [0.25, 0.3) is 22.2 Å². The number of alkyl halides is 1. The van der Waals surface area contributed by atoms with Crippen LogP contribution in [0.2, 0.25) is 0 Å². The lowest BCUT2D eigenvalue weighted by Crippen LogP contribution is -2.39. The van der Waals surface area contributed by atoms with Crippen molar-refractivity contribution in [3.8, 4) is 11.3 Å². The van der Waals surface area contributed by atoms with E-state index in [1.165, 1.54) is 0 Å². The van der Waals surface area contributed by atoms with E-state index in [1.807, 2.05) is 37.3 Å². The van der Waals surface area contributed by atoms with Crippen molar-refractivity contribution < 1.29 is 4.39 Å². The first kappa shape index (κ1) is 15.0. The highest BCUT2D eigenvalue weighted by molar-refractivity contribution is 5.83. The van der Waals surface area contributed by atoms with E-state index < -0.39 is 12.1 Å². The van der Waals surface area contributed by atoms with Gasteiger partial charge in [0.05, 0.1) is 23.3 Å². The van der Waals surface area contributed by atoms with Gasteiger partial charge in [-0.05, 0) is 30.7 Å². The molecule has 1 aliphatic heterocycles. The van der Waals surface area contributed by atoms with E-state index in [4.69, 9.17) is 0 Å². The monoisotopic (exact) mass is 323 g/mol. The molecule has 1 aromatic carbocycles. The second kappa shape index (κ2) is 5.51. The van der Waals surface area contributed by atoms with Gasteiger partial charge in [0.25, 0.3) is 5.56 Å². The number of hydrogen-bond acceptors (Lipinski definition) is 3. The summed E-state index contributed by atoms with van der Waals surface area (Å²) in [5.74, 6) is 0.747. The molecule has 0 aliphatic carbocycles. The van der Waals surface area contributed by atoms with Crippen molar-refractivity contribution >= 4 is 10.9 Å². The molecule has 0 N–H and O–H groups in total. The molecule has 122 valence electrons. The van der Waals surface area contributed by atoms with E-state index in [2.05, 4.69) is 9.97 Å². The maximum atomic E-state index is 13.3. The fraction of sp³-hybridized carbons (Fsp3) is 0.316. The third-order valence-corrected chi connectivity index (χ3v) is 4.81. The summed E-state index contributed by atoms with van der Waals surface area (Å²) < 4.78 is 14.9. The molecule has 3 heterocycles. The van der Waals surface area contributed by atoms with Gasteiger partial charge in [-0.15, -0.1) is 0 Å². The predicted octanol–water partition coefficient (Wildman–Crippen LogP) is 3.38. The van der Waals surface area contributed by atoms with Crippen LogP contribution in [0, 0.1) is 5.41 Å². The van der Waals surface area contributed by atoms with Crippen LogP contribution in [0.3, 0.4) is 0 Å². The second-order valence-electron chi connectivity index (χ2n) is 6.81. The van der Waals surface area contributed by atoms with Gasteiger partial charge in [-0.25, -0.2) is 4.98 Å². The molecule has 0 bridgehead atoms. The summed E-state index contributed by atoms with van der Waals surface area (Å²) in [6.07, 6.45) is 3.08. The summed E-state index contributed by atoms with van der Waals surface area (Å²) in [5.41, 5.74) is 1.91. The number of pyridine rings is 1. The molecule has 1 aliphatic rings. The summed E-state index contributed by atoms with van der Waals surface area (Å²) in [7, 11) is 0. The molecule has 24 heavy (non-hydrogen) atoms. The first-order valence-electron chi connectivity index (χ1n) is 8.10. The number of hydrogen-bond donors (Lipinski definition) is 0. The van der Waals surface area contributed by atoms with Gasteiger partial charge < -0.3 is 0 Å². The number of rotatable bonds is 2. The highest BCUT2D eigenvalue weighted by Crippen LogP contribution is 2.31. The van der Waals surface area contributed by atoms with Gasteiger partial charge in [0, 0.05) is 30.1 Å². The van der Waals surface area contributed by atoms with E-state index in [-0.39, 0.29) is 5.56 Å². The Hall–Kier alpha value is -2.56. The Morgan fingerprint density at radius 3 is 2.92 bits per heavy atom. The lowest BCUT2D eigenvalue weighted by Gasteiger charge is -2.32. The Morgan fingerprint density at radius 1 is 1.29 bits per heavy atom. The standard InChI is InChI=1S/C19H18FN3O/c1-19(11-20)8-7-17-22-16-10-13(15-4-2-3-9-21-15)5-6-14(16)18(24)23(17)12-19/h2-6,9-10H,7-8,11-12H2,1H3. The fourth-order valence-electron chi connectivity index (χ4n) is 3.30. The lowest BCUT2D eigenvalue weighted by atomic mass is 9.84. The molecule has 0 spiro atoms. The third kappa shape index (κ3) is 2.40. The Bertz CT molecular complexity index is 968. The number of fused-ring (bicyclic) bond motifs is 2. The second-order valence-corrected chi connectivity index (χ2v) is 6.81. The quantitative estimate of drug-likeness (QED) is 0.726. The van der Waals surface area contributed by atoms with Crippen LogP contribution in [0.4, 0.5) is 4.39 Å². The van der Waals surface area contributed by atoms with Crippen LogP contribution < -0.4 is 5.56 Å². The minimum absolute atomic E-state index is 0.0815. The maximum Gasteiger partial charge on any atom is 0.261 e. The summed E-state index contributed by atoms with van der Waals surface area (Å²) in [6, 6.07) is 11.3. The van der Waals surface area contributed by atoms with E-state index >= 15 is 0 Å². The number of nitrogens with zero attached hydrogens (tertiary/aromatic N) is 3. The average Bonchev–Trinajstić information content (AvgIpc) is 2.63. The zero-order valence-corrected chi connectivity index (χ0v) is 13.5. The molecule has 4 rings (SSSR count). The number of aryl methyl sites for hydroxylation is 1. The van der Waals surface area contributed by atoms with Gasteiger partial charge in [-0.2, -0.15) is 0 Å². The Kier molecular flexibility index (Phi) is 3.44. The van der Waals surface area contributed by atoms with Gasteiger partial charge >= 0.3 is 0 Å². The number of aromatic nitrogens is 3. The normalized spacial score (nSPS) is 20.1. The minimum Gasteiger partial charge on any atom is -0.295 e. The third-order valence-electron chi connectivity index (χ3n) is 4.81. The SMILES string of the molecule is CC1(CF)CCc2nc3cc(-c4ccccn4)ccc3c(=O)n2C1. The predicted molar refractivity (Wildman–Crippen MR) is 91.6 cm³/mol. The van der Waals surface area contributed by atoms with Gasteiger partial charge in [-0.1, -0.05) is 19.1 Å². The van der Waals surface area contributed by atoms with Crippen molar-refractivity contribution in [2.45, 2.75) is 26.3 Å². The van der Waals surface area contributed by atoms with E-state index in [0.29, 0.717) is 30.3 Å². The van der Waals surface area contributed by atoms with Crippen LogP contribution in [0.15, 0.2) is 47.4 Å². The molecule has 0 amide bonds. The van der Waals surface area contributed by atoms with Crippen molar-refractivity contribution in [2.75, 3.05) is 6.67 Å². The van der Waals surface area contributed by atoms with Gasteiger partial charge in [-0.3, -0.25) is 18.7 Å². The van der Waals surface area contributed by atoms with Gasteiger partial charge in [0.2, 0.25) is 0 Å². The van der Waals surface area contributed by atoms with Crippen molar-refractivity contribution in [1.29, 1.82) is 0 Å². The van der Waals surface area contributed by atoms with Gasteiger partial charge in [0.15, 0.2) is 0 Å². The number of halogens is 1. The van der Waals surface area contributed by atoms with Crippen molar-refractivity contribution in [1.82, 2.24) is 14.5 Å². The molecule has 5 heteroatoms. The molecule has 0 radical (unpaired) electrons. The molecule has 0 saturated carbocycles. The summed E-state index contributed by atoms with van der Waals surface area (Å²) in [6.45, 7) is 1.86. The fourth-order valence-corrected chi connectivity index (χ4v) is 3.30. The minimum atomic E-state index is -0.472. The van der Waals surface area contributed by atoms with Crippen molar-refractivity contribution in [3.63, 3.8) is 0 Å². The average molecular weight is 323 g/mol. The smallest absolute Gasteiger partial charge is 0.261 e. The van der Waals surface area contributed by atoms with E-state index in [9.17, 15) is 9.18 Å². The van der Waals surface area contributed by atoms with Crippen LogP contribution in [-0.4, -0.2) is 21.2 Å². The van der Waals surface area contributed by atoms with Crippen molar-refractivity contribution in [2.24, 2.45) is 5.41 Å². The molecule has 0 fully saturated rings. The van der Waals surface area contributed by atoms with Crippen molar-refractivity contribution in [3.05, 3.63) is 58.8 Å². The summed E-state index contributed by atoms with van der Waals surface area (Å²) in [4.78, 5) is 21.8. The summed E-state index contributed by atoms with van der Waals surface area (Å²) >= 11 is 0. The molecule has 2 aromatic heterocycles. The highest BCUT2D eigenvalue weighted by atomic mass is 19.1. The Morgan fingerprint density at radius 2 is 2.17 bits per heavy atom. The molecular weight excluding hydrogens is 305 g/mol. The number of benzene rings is 1. The first-order valence-corrected chi connectivity index (χ1v) is 8.10. The zero-order chi connectivity index (χ0) is 16.7. The molecule has 0 saturated heterocycles. The molecule has 1 unspecified atom stereocenters. The van der Waals surface area contributed by atoms with E-state index in [0.717, 1.165) is 17.1 Å². The maximum absolute atomic E-state index is 13.3. The largest absolute Gasteiger partial charge is 0.295 e. The van der Waals surface area contributed by atoms with Crippen LogP contribution >= 0.6 is 0 Å². The van der Waals surface area contributed by atoms with E-state index in [1.54, 1.807) is 16.8 Å². The first-order chi connectivity index (χ1) is 11.6. The molecule has 4 nitrogen and oxygen atoms in total. The highest BCUT2D eigenvalue weighted by Gasteiger charge is 2.31. The van der Waals surface area contributed by atoms with Gasteiger partial charge in [0.1, 0.15) is 5.82 Å². The Balaban J connectivity index is 1.87. The zero-order valence-electron chi connectivity index (χ0n) is 13.5. The van der Waals surface area contributed by atoms with Crippen LogP contribution in [0.1, 0.15) is 19.2 Å². The molecule has 3 aromatic rings. The van der Waals surface area contributed by atoms with Crippen LogP contribution in [-0.2, 0) is 13.0 Å². The summed E-state index contributed by atoms with van der Waals surface area (Å²) in [5, 5.41) is 0.571. The molecular formula is C19H18FN3O. The molecule has 1 atom stereocenters. The Labute approximate surface area is 139 Å². The topological polar surface area (TPSA) is 47.8 Å². The lowest BCUT2D eigenvalue weighted by molar-refractivity contribution is 0.158. The van der Waals surface area contributed by atoms with Crippen LogP contribution in [0.5, 0.6) is 0 Å².